The van der Waals surface area contributed by atoms with Crippen LogP contribution in [0.4, 0.5) is 13.2 Å². The summed E-state index contributed by atoms with van der Waals surface area (Å²) in [6.45, 7) is 0.376. The number of halogens is 3. The minimum absolute atomic E-state index is 0.175. The van der Waals surface area contributed by atoms with Crippen LogP contribution in [0.5, 0.6) is 0 Å². The number of carbonyl (C=O) groups excluding carboxylic acids is 1. The molecule has 0 atom stereocenters. The number of hydrogen-bond acceptors (Lipinski definition) is 3. The molecule has 1 N–H and O–H groups in total. The Balaban J connectivity index is 1.76. The van der Waals surface area contributed by atoms with Crippen molar-refractivity contribution >= 4 is 23.3 Å². The third kappa shape index (κ3) is 4.75. The standard InChI is InChI=1S/C13H12F3N3OS/c14-13(15,16)11-5-7-19(18-11)8-6-17-12(20)4-3-10-2-1-9-21-10/h1-5,7,9H,6,8H2,(H,17,20). The summed E-state index contributed by atoms with van der Waals surface area (Å²) in [6, 6.07) is 4.65. The lowest BCUT2D eigenvalue weighted by Crippen LogP contribution is -2.25. The maximum absolute atomic E-state index is 12.3. The molecule has 2 heterocycles. The van der Waals surface area contributed by atoms with Gasteiger partial charge in [-0.15, -0.1) is 11.3 Å². The molecule has 4 nitrogen and oxygen atoms in total. The van der Waals surface area contributed by atoms with E-state index < -0.39 is 11.9 Å². The summed E-state index contributed by atoms with van der Waals surface area (Å²) in [4.78, 5) is 12.4. The van der Waals surface area contributed by atoms with Crippen LogP contribution >= 0.6 is 11.3 Å². The lowest BCUT2D eigenvalue weighted by Gasteiger charge is -2.03. The number of alkyl halides is 3. The zero-order valence-corrected chi connectivity index (χ0v) is 11.6. The fourth-order valence-electron chi connectivity index (χ4n) is 1.53. The average molecular weight is 315 g/mol. The average Bonchev–Trinajstić information content (AvgIpc) is 3.07. The maximum Gasteiger partial charge on any atom is 0.435 e. The van der Waals surface area contributed by atoms with Gasteiger partial charge >= 0.3 is 6.18 Å². The fraction of sp³-hybridized carbons (Fsp3) is 0.231. The molecule has 0 fully saturated rings. The Kier molecular flexibility index (Phi) is 4.79. The molecule has 0 aliphatic heterocycles. The number of carbonyl (C=O) groups is 1. The van der Waals surface area contributed by atoms with Gasteiger partial charge in [0.05, 0.1) is 6.54 Å². The van der Waals surface area contributed by atoms with Crippen LogP contribution in [0.15, 0.2) is 35.9 Å². The molecule has 0 radical (unpaired) electrons. The van der Waals surface area contributed by atoms with E-state index in [-0.39, 0.29) is 19.0 Å². The highest BCUT2D eigenvalue weighted by Crippen LogP contribution is 2.27. The number of rotatable bonds is 5. The topological polar surface area (TPSA) is 46.9 Å². The van der Waals surface area contributed by atoms with Crippen LogP contribution in [0.2, 0.25) is 0 Å². The smallest absolute Gasteiger partial charge is 0.351 e. The zero-order valence-electron chi connectivity index (χ0n) is 10.8. The second-order valence-electron chi connectivity index (χ2n) is 4.10. The van der Waals surface area contributed by atoms with Gasteiger partial charge in [0.25, 0.3) is 0 Å². The monoisotopic (exact) mass is 315 g/mol. The predicted molar refractivity (Wildman–Crippen MR) is 73.6 cm³/mol. The molecular weight excluding hydrogens is 303 g/mol. The van der Waals surface area contributed by atoms with Crippen LogP contribution in [0.3, 0.4) is 0 Å². The van der Waals surface area contributed by atoms with E-state index in [1.807, 2.05) is 17.5 Å². The normalized spacial score (nSPS) is 12.0. The largest absolute Gasteiger partial charge is 0.435 e. The molecule has 2 rings (SSSR count). The Hall–Kier alpha value is -2.09. The van der Waals surface area contributed by atoms with E-state index >= 15 is 0 Å². The van der Waals surface area contributed by atoms with E-state index in [0.29, 0.717) is 0 Å². The fourth-order valence-corrected chi connectivity index (χ4v) is 2.15. The van der Waals surface area contributed by atoms with Gasteiger partial charge in [-0.05, 0) is 23.6 Å². The van der Waals surface area contributed by atoms with Crippen molar-refractivity contribution in [2.24, 2.45) is 0 Å². The van der Waals surface area contributed by atoms with Crippen molar-refractivity contribution in [1.29, 1.82) is 0 Å². The van der Waals surface area contributed by atoms with Gasteiger partial charge < -0.3 is 5.32 Å². The minimum atomic E-state index is -4.45. The Labute approximate surface area is 122 Å². The summed E-state index contributed by atoms with van der Waals surface area (Å²) in [7, 11) is 0. The Morgan fingerprint density at radius 1 is 1.43 bits per heavy atom. The Bertz CT molecular complexity index is 617. The lowest BCUT2D eigenvalue weighted by atomic mass is 10.4. The van der Waals surface area contributed by atoms with Crippen molar-refractivity contribution in [3.05, 3.63) is 46.4 Å². The summed E-state index contributed by atoms with van der Waals surface area (Å²) in [6.07, 6.45) is -0.153. The molecule has 0 saturated carbocycles. The molecular formula is C13H12F3N3OS. The number of thiophene rings is 1. The summed E-state index contributed by atoms with van der Waals surface area (Å²) in [5.74, 6) is -0.299. The second kappa shape index (κ2) is 6.57. The number of aromatic nitrogens is 2. The molecule has 2 aromatic heterocycles. The second-order valence-corrected chi connectivity index (χ2v) is 5.08. The van der Waals surface area contributed by atoms with Gasteiger partial charge in [0.2, 0.25) is 5.91 Å². The van der Waals surface area contributed by atoms with Crippen molar-refractivity contribution in [2.75, 3.05) is 6.54 Å². The van der Waals surface area contributed by atoms with Gasteiger partial charge in [-0.1, -0.05) is 6.07 Å². The van der Waals surface area contributed by atoms with Crippen molar-refractivity contribution < 1.29 is 18.0 Å². The van der Waals surface area contributed by atoms with Crippen molar-refractivity contribution in [3.8, 4) is 0 Å². The first kappa shape index (κ1) is 15.3. The van der Waals surface area contributed by atoms with Crippen molar-refractivity contribution in [3.63, 3.8) is 0 Å². The van der Waals surface area contributed by atoms with E-state index in [0.717, 1.165) is 15.6 Å². The predicted octanol–water partition coefficient (Wildman–Crippen LogP) is 2.79. The molecule has 2 aromatic rings. The SMILES string of the molecule is O=C(C=Cc1cccs1)NCCn1ccc(C(F)(F)F)n1. The molecule has 0 bridgehead atoms. The lowest BCUT2D eigenvalue weighted by molar-refractivity contribution is -0.141. The summed E-state index contributed by atoms with van der Waals surface area (Å²) in [5, 5.41) is 7.86. The highest BCUT2D eigenvalue weighted by Gasteiger charge is 2.33. The van der Waals surface area contributed by atoms with E-state index in [1.165, 1.54) is 23.6 Å². The van der Waals surface area contributed by atoms with E-state index in [9.17, 15) is 18.0 Å². The van der Waals surface area contributed by atoms with Crippen LogP contribution in [0, 0.1) is 0 Å². The Morgan fingerprint density at radius 3 is 2.86 bits per heavy atom. The summed E-state index contributed by atoms with van der Waals surface area (Å²) < 4.78 is 38.1. The van der Waals surface area contributed by atoms with E-state index in [4.69, 9.17) is 0 Å². The molecule has 0 aliphatic carbocycles. The van der Waals surface area contributed by atoms with Crippen LogP contribution < -0.4 is 5.32 Å². The third-order valence-electron chi connectivity index (χ3n) is 2.51. The van der Waals surface area contributed by atoms with Gasteiger partial charge in [-0.3, -0.25) is 9.48 Å². The Morgan fingerprint density at radius 2 is 2.24 bits per heavy atom. The first-order chi connectivity index (χ1) is 9.95. The van der Waals surface area contributed by atoms with Crippen LogP contribution in [0.1, 0.15) is 10.6 Å². The molecule has 1 amide bonds. The van der Waals surface area contributed by atoms with E-state index in [1.54, 1.807) is 6.08 Å². The van der Waals surface area contributed by atoms with Crippen molar-refractivity contribution in [1.82, 2.24) is 15.1 Å². The van der Waals surface area contributed by atoms with Gasteiger partial charge in [-0.2, -0.15) is 18.3 Å². The van der Waals surface area contributed by atoms with Crippen LogP contribution in [0.25, 0.3) is 6.08 Å². The molecule has 8 heteroatoms. The summed E-state index contributed by atoms with van der Waals surface area (Å²) >= 11 is 1.50. The molecule has 0 spiro atoms. The van der Waals surface area contributed by atoms with Gasteiger partial charge in [0.1, 0.15) is 0 Å². The first-order valence-corrected chi connectivity index (χ1v) is 6.93. The molecule has 112 valence electrons. The quantitative estimate of drug-likeness (QED) is 0.863. The number of amides is 1. The minimum Gasteiger partial charge on any atom is -0.351 e. The molecule has 0 unspecified atom stereocenters. The molecule has 21 heavy (non-hydrogen) atoms. The van der Waals surface area contributed by atoms with Crippen molar-refractivity contribution in [2.45, 2.75) is 12.7 Å². The first-order valence-electron chi connectivity index (χ1n) is 6.05. The zero-order chi connectivity index (χ0) is 15.3. The molecule has 0 saturated heterocycles. The highest BCUT2D eigenvalue weighted by atomic mass is 32.1. The van der Waals surface area contributed by atoms with E-state index in [2.05, 4.69) is 10.4 Å². The number of nitrogens with one attached hydrogen (secondary N) is 1. The number of hydrogen-bond donors (Lipinski definition) is 1. The number of nitrogens with zero attached hydrogens (tertiary/aromatic N) is 2. The molecule has 0 aliphatic rings. The van der Waals surface area contributed by atoms with Gasteiger partial charge in [-0.25, -0.2) is 0 Å². The van der Waals surface area contributed by atoms with Crippen LogP contribution in [-0.2, 0) is 17.5 Å². The van der Waals surface area contributed by atoms with Gasteiger partial charge in [0, 0.05) is 23.7 Å². The molecule has 0 aromatic carbocycles. The maximum atomic E-state index is 12.3. The third-order valence-corrected chi connectivity index (χ3v) is 3.35. The van der Waals surface area contributed by atoms with Crippen LogP contribution in [-0.4, -0.2) is 22.2 Å². The van der Waals surface area contributed by atoms with Gasteiger partial charge in [0.15, 0.2) is 5.69 Å². The summed E-state index contributed by atoms with van der Waals surface area (Å²) in [5.41, 5.74) is -0.939. The highest BCUT2D eigenvalue weighted by molar-refractivity contribution is 7.10.